The van der Waals surface area contributed by atoms with Gasteiger partial charge in [-0.1, -0.05) is 72.1 Å². The Balaban J connectivity index is 1.84. The number of carbonyl (C=O) groups is 2. The highest BCUT2D eigenvalue weighted by Crippen LogP contribution is 2.15. The van der Waals surface area contributed by atoms with Gasteiger partial charge in [0.05, 0.1) is 19.5 Å². The highest BCUT2D eigenvalue weighted by atomic mass is 16.5. The monoisotopic (exact) mass is 534 g/mol. The fourth-order valence-corrected chi connectivity index (χ4v) is 4.17. The van der Waals surface area contributed by atoms with Crippen LogP contribution in [0.1, 0.15) is 91.4 Å². The number of anilines is 1. The Bertz CT molecular complexity index is 1050. The minimum Gasteiger partial charge on any atom is -0.466 e. The Morgan fingerprint density at radius 2 is 1.71 bits per heavy atom. The van der Waals surface area contributed by atoms with Gasteiger partial charge in [-0.25, -0.2) is 4.98 Å². The summed E-state index contributed by atoms with van der Waals surface area (Å²) in [5, 5.41) is 0. The first-order valence-electron chi connectivity index (χ1n) is 14.0. The van der Waals surface area contributed by atoms with Crippen molar-refractivity contribution in [3.63, 3.8) is 0 Å². The normalized spacial score (nSPS) is 13.1. The SMILES string of the molecule is CCCCCCCCCCCC(=O)OCCC(COC(=O)[C@@H](N)C(C)C)Cn1cnc2c(=O)[nH]c(N)nc21. The number of aromatic nitrogens is 4. The molecule has 0 aliphatic rings. The van der Waals surface area contributed by atoms with E-state index in [4.69, 9.17) is 20.9 Å². The zero-order valence-corrected chi connectivity index (χ0v) is 23.2. The Hall–Kier alpha value is -2.95. The second-order valence-corrected chi connectivity index (χ2v) is 10.4. The molecule has 0 aliphatic heterocycles. The number of carbonyl (C=O) groups excluding carboxylic acids is 2. The van der Waals surface area contributed by atoms with Crippen LogP contribution in [0.4, 0.5) is 5.95 Å². The predicted octanol–water partition coefficient (Wildman–Crippen LogP) is 3.70. The molecule has 1 unspecified atom stereocenters. The van der Waals surface area contributed by atoms with E-state index < -0.39 is 17.6 Å². The van der Waals surface area contributed by atoms with E-state index in [1.807, 2.05) is 13.8 Å². The summed E-state index contributed by atoms with van der Waals surface area (Å²) in [6.45, 7) is 6.53. The topological polar surface area (TPSA) is 168 Å². The van der Waals surface area contributed by atoms with Crippen LogP contribution in [-0.2, 0) is 25.6 Å². The van der Waals surface area contributed by atoms with Crippen LogP contribution in [0.25, 0.3) is 11.2 Å². The number of fused-ring (bicyclic) bond motifs is 1. The Morgan fingerprint density at radius 3 is 2.37 bits per heavy atom. The number of hydrogen-bond donors (Lipinski definition) is 3. The van der Waals surface area contributed by atoms with Gasteiger partial charge < -0.3 is 25.5 Å². The molecule has 2 aromatic rings. The lowest BCUT2D eigenvalue weighted by Gasteiger charge is -2.20. The van der Waals surface area contributed by atoms with Crippen molar-refractivity contribution < 1.29 is 19.1 Å². The first-order chi connectivity index (χ1) is 18.2. The second kappa shape index (κ2) is 16.8. The maximum Gasteiger partial charge on any atom is 0.323 e. The fraction of sp³-hybridized carbons (Fsp3) is 0.741. The Morgan fingerprint density at radius 1 is 1.05 bits per heavy atom. The fourth-order valence-electron chi connectivity index (χ4n) is 4.17. The number of nitrogens with one attached hydrogen (secondary N) is 1. The number of H-pyrrole nitrogens is 1. The predicted molar refractivity (Wildman–Crippen MR) is 147 cm³/mol. The number of nitrogens with zero attached hydrogens (tertiary/aromatic N) is 3. The quantitative estimate of drug-likeness (QED) is 0.180. The van der Waals surface area contributed by atoms with Crippen molar-refractivity contribution in [1.29, 1.82) is 0 Å². The summed E-state index contributed by atoms with van der Waals surface area (Å²) in [4.78, 5) is 47.4. The average molecular weight is 535 g/mol. The van der Waals surface area contributed by atoms with Crippen molar-refractivity contribution in [2.75, 3.05) is 18.9 Å². The number of unbranched alkanes of at least 4 members (excludes halogenated alkanes) is 8. The molecule has 214 valence electrons. The lowest BCUT2D eigenvalue weighted by Crippen LogP contribution is -2.38. The molecule has 2 atom stereocenters. The summed E-state index contributed by atoms with van der Waals surface area (Å²) in [5.74, 6) is -1.00. The third kappa shape index (κ3) is 10.8. The molecule has 0 aliphatic carbocycles. The molecule has 0 saturated heterocycles. The van der Waals surface area contributed by atoms with Gasteiger partial charge in [0.25, 0.3) is 5.56 Å². The Kier molecular flexibility index (Phi) is 13.8. The lowest BCUT2D eigenvalue weighted by atomic mass is 10.1. The zero-order chi connectivity index (χ0) is 27.9. The molecule has 0 aromatic carbocycles. The highest BCUT2D eigenvalue weighted by Gasteiger charge is 2.22. The third-order valence-corrected chi connectivity index (χ3v) is 6.67. The summed E-state index contributed by atoms with van der Waals surface area (Å²) in [7, 11) is 0. The second-order valence-electron chi connectivity index (χ2n) is 10.4. The molecule has 0 spiro atoms. The number of esters is 2. The maximum atomic E-state index is 12.3. The largest absolute Gasteiger partial charge is 0.466 e. The van der Waals surface area contributed by atoms with E-state index in [0.717, 1.165) is 19.3 Å². The van der Waals surface area contributed by atoms with Gasteiger partial charge in [-0.2, -0.15) is 4.98 Å². The van der Waals surface area contributed by atoms with Gasteiger partial charge in [-0.15, -0.1) is 0 Å². The number of imidazole rings is 1. The summed E-state index contributed by atoms with van der Waals surface area (Å²) in [6, 6.07) is -0.723. The van der Waals surface area contributed by atoms with Crippen molar-refractivity contribution in [2.45, 2.75) is 104 Å². The van der Waals surface area contributed by atoms with E-state index >= 15 is 0 Å². The van der Waals surface area contributed by atoms with Gasteiger partial charge >= 0.3 is 11.9 Å². The number of rotatable bonds is 19. The molecule has 0 amide bonds. The summed E-state index contributed by atoms with van der Waals surface area (Å²) >= 11 is 0. The third-order valence-electron chi connectivity index (χ3n) is 6.67. The van der Waals surface area contributed by atoms with Crippen LogP contribution in [0.15, 0.2) is 11.1 Å². The van der Waals surface area contributed by atoms with Gasteiger partial charge in [0.15, 0.2) is 11.2 Å². The minimum atomic E-state index is -0.723. The van der Waals surface area contributed by atoms with E-state index in [1.54, 1.807) is 4.57 Å². The van der Waals surface area contributed by atoms with Crippen LogP contribution in [0, 0.1) is 11.8 Å². The number of aromatic amines is 1. The molecule has 5 N–H and O–H groups in total. The van der Waals surface area contributed by atoms with E-state index in [9.17, 15) is 14.4 Å². The van der Waals surface area contributed by atoms with Crippen LogP contribution in [0.3, 0.4) is 0 Å². The average Bonchev–Trinajstić information content (AvgIpc) is 3.28. The molecule has 0 saturated carbocycles. The zero-order valence-electron chi connectivity index (χ0n) is 23.2. The number of hydrogen-bond acceptors (Lipinski definition) is 9. The van der Waals surface area contributed by atoms with Crippen molar-refractivity contribution in [1.82, 2.24) is 19.5 Å². The van der Waals surface area contributed by atoms with Crippen LogP contribution in [0.5, 0.6) is 0 Å². The van der Waals surface area contributed by atoms with Crippen LogP contribution in [-0.4, -0.2) is 50.7 Å². The molecule has 0 fully saturated rings. The van der Waals surface area contributed by atoms with Gasteiger partial charge in [0.1, 0.15) is 6.04 Å². The summed E-state index contributed by atoms with van der Waals surface area (Å²) < 4.78 is 12.6. The molecular formula is C27H46N6O5. The number of nitrogens with two attached hydrogens (primary N) is 2. The van der Waals surface area contributed by atoms with E-state index in [-0.39, 0.29) is 42.5 Å². The molecule has 2 rings (SSSR count). The summed E-state index contributed by atoms with van der Waals surface area (Å²) in [6.07, 6.45) is 13.0. The minimum absolute atomic E-state index is 0.0134. The first kappa shape index (κ1) is 31.3. The van der Waals surface area contributed by atoms with Crippen LogP contribution in [0.2, 0.25) is 0 Å². The van der Waals surface area contributed by atoms with E-state index in [0.29, 0.717) is 25.0 Å². The van der Waals surface area contributed by atoms with Crippen LogP contribution < -0.4 is 17.0 Å². The summed E-state index contributed by atoms with van der Waals surface area (Å²) in [5.41, 5.74) is 11.7. The van der Waals surface area contributed by atoms with Gasteiger partial charge in [-0.3, -0.25) is 19.4 Å². The van der Waals surface area contributed by atoms with Gasteiger partial charge in [0.2, 0.25) is 5.95 Å². The highest BCUT2D eigenvalue weighted by molar-refractivity contribution is 5.75. The molecule has 2 heterocycles. The number of nitrogen functional groups attached to an aromatic ring is 1. The van der Waals surface area contributed by atoms with Gasteiger partial charge in [-0.05, 0) is 18.8 Å². The van der Waals surface area contributed by atoms with Crippen LogP contribution >= 0.6 is 0 Å². The Labute approximate surface area is 225 Å². The standard InChI is InChI=1S/C27H46N6O5/c1-4-5-6-7-8-9-10-11-12-13-21(34)37-15-14-20(17-38-26(36)22(28)19(2)3)16-33-18-30-23-24(33)31-27(29)32-25(23)35/h18-20,22H,4-17,28H2,1-3H3,(H3,29,31,32,35)/t20?,22-/m0/s1. The van der Waals surface area contributed by atoms with Crippen molar-refractivity contribution >= 4 is 29.1 Å². The van der Waals surface area contributed by atoms with E-state index in [2.05, 4.69) is 21.9 Å². The maximum absolute atomic E-state index is 12.3. The van der Waals surface area contributed by atoms with Crippen molar-refractivity contribution in [3.8, 4) is 0 Å². The molecule has 11 heteroatoms. The van der Waals surface area contributed by atoms with E-state index in [1.165, 1.54) is 44.9 Å². The van der Waals surface area contributed by atoms with Crippen molar-refractivity contribution in [3.05, 3.63) is 16.7 Å². The lowest BCUT2D eigenvalue weighted by molar-refractivity contribution is -0.149. The van der Waals surface area contributed by atoms with Gasteiger partial charge in [0, 0.05) is 18.9 Å². The number of ether oxygens (including phenoxy) is 2. The smallest absolute Gasteiger partial charge is 0.323 e. The molecular weight excluding hydrogens is 488 g/mol. The molecule has 0 bridgehead atoms. The molecule has 38 heavy (non-hydrogen) atoms. The van der Waals surface area contributed by atoms with Crippen molar-refractivity contribution in [2.24, 2.45) is 17.6 Å². The molecule has 2 aromatic heterocycles. The first-order valence-corrected chi connectivity index (χ1v) is 14.0. The molecule has 11 nitrogen and oxygen atoms in total. The molecule has 0 radical (unpaired) electrons.